The third-order valence-corrected chi connectivity index (χ3v) is 2.42. The van der Waals surface area contributed by atoms with Crippen LogP contribution in [0.15, 0.2) is 24.3 Å². The Hall–Kier alpha value is 0.247. The van der Waals surface area contributed by atoms with Crippen LogP contribution in [0.4, 0.5) is 0 Å². The van der Waals surface area contributed by atoms with E-state index >= 15 is 0 Å². The molecule has 0 aromatic heterocycles. The second kappa shape index (κ2) is 4.97. The molecule has 0 bridgehead atoms. The molecule has 0 saturated heterocycles. The van der Waals surface area contributed by atoms with Crippen molar-refractivity contribution in [1.82, 2.24) is 0 Å². The number of hydrogen-bond donors (Lipinski definition) is 0. The number of hydrogen-bond acceptors (Lipinski definition) is 0. The predicted molar refractivity (Wildman–Crippen MR) is 43.7 cm³/mol. The molecule has 2 heteroatoms. The van der Waals surface area contributed by atoms with Crippen LogP contribution in [0.1, 0.15) is 0 Å². The Morgan fingerprint density at radius 3 is 2.30 bits per heavy atom. The first kappa shape index (κ1) is 10.2. The van der Waals surface area contributed by atoms with Crippen molar-refractivity contribution in [3.8, 4) is 0 Å². The normalized spacial score (nSPS) is 9.10. The molecule has 0 amide bonds. The van der Waals surface area contributed by atoms with Crippen molar-refractivity contribution in [3.63, 3.8) is 0 Å². The summed E-state index contributed by atoms with van der Waals surface area (Å²) >= 11 is 0. The molecule has 0 fully saturated rings. The van der Waals surface area contributed by atoms with Crippen molar-refractivity contribution in [3.05, 3.63) is 30.3 Å². The van der Waals surface area contributed by atoms with Gasteiger partial charge in [-0.2, -0.15) is 30.3 Å². The summed E-state index contributed by atoms with van der Waals surface area (Å²) in [5.74, 6) is 0. The fourth-order valence-corrected chi connectivity index (χ4v) is 1.38. The third-order valence-electron chi connectivity index (χ3n) is 1.17. The van der Waals surface area contributed by atoms with Gasteiger partial charge in [-0.3, -0.25) is 0 Å². The maximum Gasteiger partial charge on any atom is 1.00 e. The van der Waals surface area contributed by atoms with E-state index in [1.807, 2.05) is 12.1 Å². The quantitative estimate of drug-likeness (QED) is 0.265. The largest absolute Gasteiger partial charge is 1.00 e. The van der Waals surface area contributed by atoms with E-state index in [0.29, 0.717) is 0 Å². The van der Waals surface area contributed by atoms with Crippen molar-refractivity contribution in [2.24, 2.45) is 0 Å². The third kappa shape index (κ3) is 2.89. The molecule has 0 N–H and O–H groups in total. The van der Waals surface area contributed by atoms with Crippen LogP contribution in [0.5, 0.6) is 0 Å². The van der Waals surface area contributed by atoms with E-state index in [1.165, 1.54) is 5.30 Å². The summed E-state index contributed by atoms with van der Waals surface area (Å²) < 4.78 is 0. The fourth-order valence-electron chi connectivity index (χ4n) is 0.662. The van der Waals surface area contributed by atoms with Gasteiger partial charge in [0.1, 0.15) is 0 Å². The van der Waals surface area contributed by atoms with E-state index in [2.05, 4.69) is 31.5 Å². The summed E-state index contributed by atoms with van der Waals surface area (Å²) in [4.78, 5) is 0. The molecule has 0 radical (unpaired) electrons. The van der Waals surface area contributed by atoms with Crippen LogP contribution in [0.3, 0.4) is 0 Å². The monoisotopic (exact) mass is 144 g/mol. The minimum absolute atomic E-state index is 0. The fraction of sp³-hybridized carbons (Fsp3) is 0.250. The zero-order chi connectivity index (χ0) is 6.69. The SMILES string of the molecule is CP(C)c1[c-]cccc1.[Li+]. The molecule has 0 unspecified atom stereocenters. The van der Waals surface area contributed by atoms with Crippen LogP contribution in [0.25, 0.3) is 0 Å². The van der Waals surface area contributed by atoms with Gasteiger partial charge in [0.05, 0.1) is 0 Å². The molecular formula is C8H10LiP. The van der Waals surface area contributed by atoms with Crippen molar-refractivity contribution in [2.45, 2.75) is 0 Å². The van der Waals surface area contributed by atoms with Crippen molar-refractivity contribution < 1.29 is 18.9 Å². The molecule has 0 aliphatic rings. The molecule has 0 spiro atoms. The molecule has 10 heavy (non-hydrogen) atoms. The predicted octanol–water partition coefficient (Wildman–Crippen LogP) is -1.14. The molecule has 0 aliphatic heterocycles. The minimum Gasteiger partial charge on any atom is -0.176 e. The topological polar surface area (TPSA) is 0 Å². The van der Waals surface area contributed by atoms with Crippen LogP contribution < -0.4 is 24.2 Å². The molecule has 0 aliphatic carbocycles. The van der Waals surface area contributed by atoms with Gasteiger partial charge in [0.25, 0.3) is 0 Å². The molecule has 0 heterocycles. The Kier molecular flexibility index (Phi) is 5.10. The Bertz CT molecular complexity index is 172. The molecule has 1 aromatic carbocycles. The first-order chi connectivity index (χ1) is 4.30. The minimum atomic E-state index is 0. The van der Waals surface area contributed by atoms with Gasteiger partial charge >= 0.3 is 18.9 Å². The van der Waals surface area contributed by atoms with E-state index in [9.17, 15) is 0 Å². The van der Waals surface area contributed by atoms with Crippen LogP contribution in [-0.2, 0) is 0 Å². The Morgan fingerprint density at radius 2 is 2.00 bits per heavy atom. The van der Waals surface area contributed by atoms with E-state index < -0.39 is 0 Å². The Balaban J connectivity index is 0.000000810. The summed E-state index contributed by atoms with van der Waals surface area (Å²) in [5, 5.41) is 1.35. The zero-order valence-corrected chi connectivity index (χ0v) is 7.65. The summed E-state index contributed by atoms with van der Waals surface area (Å²) in [6.07, 6.45) is 0. The van der Waals surface area contributed by atoms with Gasteiger partial charge in [0, 0.05) is 0 Å². The molecular weight excluding hydrogens is 134 g/mol. The Labute approximate surface area is 76.0 Å². The van der Waals surface area contributed by atoms with Gasteiger partial charge in [-0.15, -0.1) is 13.2 Å². The van der Waals surface area contributed by atoms with Gasteiger partial charge < -0.3 is 0 Å². The number of rotatable bonds is 1. The van der Waals surface area contributed by atoms with Gasteiger partial charge in [-0.25, -0.2) is 0 Å². The van der Waals surface area contributed by atoms with E-state index in [0.717, 1.165) is 0 Å². The van der Waals surface area contributed by atoms with Crippen molar-refractivity contribution >= 4 is 13.2 Å². The van der Waals surface area contributed by atoms with Gasteiger partial charge in [-0.1, -0.05) is 0 Å². The van der Waals surface area contributed by atoms with Crippen LogP contribution >= 0.6 is 7.92 Å². The first-order valence-electron chi connectivity index (χ1n) is 2.95. The number of benzene rings is 1. The summed E-state index contributed by atoms with van der Waals surface area (Å²) in [5.41, 5.74) is 0. The molecule has 1 aromatic rings. The summed E-state index contributed by atoms with van der Waals surface area (Å²) in [6.45, 7) is 4.47. The maximum absolute atomic E-state index is 3.20. The van der Waals surface area contributed by atoms with Crippen LogP contribution in [0.2, 0.25) is 0 Å². The van der Waals surface area contributed by atoms with Gasteiger partial charge in [0.2, 0.25) is 0 Å². The van der Waals surface area contributed by atoms with Crippen molar-refractivity contribution in [2.75, 3.05) is 13.3 Å². The average molecular weight is 144 g/mol. The Morgan fingerprint density at radius 1 is 1.30 bits per heavy atom. The van der Waals surface area contributed by atoms with Gasteiger partial charge in [-0.05, 0) is 13.3 Å². The van der Waals surface area contributed by atoms with Crippen LogP contribution in [-0.4, -0.2) is 13.3 Å². The summed E-state index contributed by atoms with van der Waals surface area (Å²) in [7, 11) is 0.0489. The van der Waals surface area contributed by atoms with E-state index in [4.69, 9.17) is 0 Å². The molecule has 0 atom stereocenters. The van der Waals surface area contributed by atoms with E-state index in [1.54, 1.807) is 0 Å². The second-order valence-corrected chi connectivity index (χ2v) is 4.41. The first-order valence-corrected chi connectivity index (χ1v) is 5.18. The van der Waals surface area contributed by atoms with Gasteiger partial charge in [0.15, 0.2) is 0 Å². The molecule has 48 valence electrons. The van der Waals surface area contributed by atoms with Crippen LogP contribution in [0, 0.1) is 6.07 Å². The molecule has 1 rings (SSSR count). The van der Waals surface area contributed by atoms with Crippen molar-refractivity contribution in [1.29, 1.82) is 0 Å². The van der Waals surface area contributed by atoms with E-state index in [-0.39, 0.29) is 26.8 Å². The maximum atomic E-state index is 3.20. The smallest absolute Gasteiger partial charge is 0.176 e. The molecule has 0 nitrogen and oxygen atoms in total. The molecule has 0 saturated carbocycles. The average Bonchev–Trinajstić information content (AvgIpc) is 1.90. The standard InChI is InChI=1S/C8H10P.Li/c1-9(2)8-6-4-3-5-7-8;/h3-6H,1-2H3;/q-1;+1. The second-order valence-electron chi connectivity index (χ2n) is 2.14. The summed E-state index contributed by atoms with van der Waals surface area (Å²) in [6, 6.07) is 11.4. The zero-order valence-electron chi connectivity index (χ0n) is 6.76.